The van der Waals surface area contributed by atoms with Gasteiger partial charge in [0.15, 0.2) is 11.6 Å². The summed E-state index contributed by atoms with van der Waals surface area (Å²) in [6.07, 6.45) is 6.04. The van der Waals surface area contributed by atoms with Crippen molar-refractivity contribution in [2.45, 2.75) is 58.9 Å². The van der Waals surface area contributed by atoms with Gasteiger partial charge in [0.2, 0.25) is 5.95 Å². The molecule has 1 fully saturated rings. The van der Waals surface area contributed by atoms with Crippen molar-refractivity contribution in [1.82, 2.24) is 29.4 Å². The molecule has 0 amide bonds. The highest BCUT2D eigenvalue weighted by Crippen LogP contribution is 2.33. The first-order valence-electron chi connectivity index (χ1n) is 14.0. The lowest BCUT2D eigenvalue weighted by Gasteiger charge is -2.35. The standard InChI is InChI=1S/C30H37F2N7O/c1-18(2)39-20(4)35-29-24(31)14-23(15-26(29)39)28-25(32)17-34-30(37-28)36-27-7-6-22(16-33-27)19(3)21-8-11-38(12-9-21)10-5-13-40/h6-7,14-19,21,40H,5,8-13H2,1-4H3,(H,33,34,36,37)/t19-/m0/s1. The van der Waals surface area contributed by atoms with Crippen LogP contribution in [0.25, 0.3) is 22.3 Å². The second-order valence-electron chi connectivity index (χ2n) is 11.0. The van der Waals surface area contributed by atoms with Crippen LogP contribution < -0.4 is 5.32 Å². The average molecular weight is 550 g/mol. The maximum absolute atomic E-state index is 15.0. The van der Waals surface area contributed by atoms with Crippen molar-refractivity contribution in [2.75, 3.05) is 31.6 Å². The molecule has 0 unspecified atom stereocenters. The number of rotatable bonds is 9. The van der Waals surface area contributed by atoms with E-state index in [2.05, 4.69) is 43.1 Å². The second kappa shape index (κ2) is 11.9. The molecule has 40 heavy (non-hydrogen) atoms. The third-order valence-electron chi connectivity index (χ3n) is 7.98. The Morgan fingerprint density at radius 3 is 2.48 bits per heavy atom. The SMILES string of the molecule is Cc1nc2c(F)cc(-c3nc(Nc4ccc([C@@H](C)C5CCN(CCCO)CC5)cn4)ncc3F)cc2n1C(C)C. The number of nitrogens with zero attached hydrogens (tertiary/aromatic N) is 6. The minimum atomic E-state index is -0.642. The number of anilines is 2. The first kappa shape index (κ1) is 28.0. The lowest BCUT2D eigenvalue weighted by molar-refractivity contribution is 0.157. The molecule has 1 saturated heterocycles. The van der Waals surface area contributed by atoms with Gasteiger partial charge in [0, 0.05) is 31.0 Å². The zero-order chi connectivity index (χ0) is 28.4. The molecule has 3 aromatic heterocycles. The first-order chi connectivity index (χ1) is 19.2. The fourth-order valence-corrected chi connectivity index (χ4v) is 5.79. The van der Waals surface area contributed by atoms with E-state index >= 15 is 0 Å². The van der Waals surface area contributed by atoms with E-state index in [1.54, 1.807) is 6.07 Å². The van der Waals surface area contributed by atoms with E-state index in [1.165, 1.54) is 11.6 Å². The molecular formula is C30H37F2N7O. The molecule has 0 bridgehead atoms. The Balaban J connectivity index is 1.31. The number of halogens is 2. The Hall–Kier alpha value is -3.50. The predicted molar refractivity (Wildman–Crippen MR) is 153 cm³/mol. The third kappa shape index (κ3) is 5.83. The van der Waals surface area contributed by atoms with E-state index in [1.807, 2.05) is 37.6 Å². The molecule has 0 saturated carbocycles. The highest BCUT2D eigenvalue weighted by Gasteiger charge is 2.25. The molecule has 8 nitrogen and oxygen atoms in total. The second-order valence-corrected chi connectivity index (χ2v) is 11.0. The van der Waals surface area contributed by atoms with Gasteiger partial charge in [-0.05, 0) is 88.7 Å². The van der Waals surface area contributed by atoms with Gasteiger partial charge in [0.05, 0.1) is 11.7 Å². The Morgan fingerprint density at radius 1 is 1.02 bits per heavy atom. The molecule has 5 rings (SSSR count). The quantitative estimate of drug-likeness (QED) is 0.265. The van der Waals surface area contributed by atoms with Crippen LogP contribution in [0.1, 0.15) is 63.4 Å². The molecule has 1 aliphatic heterocycles. The van der Waals surface area contributed by atoms with Crippen LogP contribution in [0.2, 0.25) is 0 Å². The smallest absolute Gasteiger partial charge is 0.229 e. The molecule has 1 aromatic carbocycles. The van der Waals surface area contributed by atoms with Crippen LogP contribution in [0.4, 0.5) is 20.5 Å². The summed E-state index contributed by atoms with van der Waals surface area (Å²) in [4.78, 5) is 19.8. The maximum atomic E-state index is 15.0. The number of aliphatic hydroxyl groups is 1. The zero-order valence-corrected chi connectivity index (χ0v) is 23.5. The highest BCUT2D eigenvalue weighted by atomic mass is 19.1. The van der Waals surface area contributed by atoms with Gasteiger partial charge < -0.3 is 19.9 Å². The van der Waals surface area contributed by atoms with Gasteiger partial charge in [-0.15, -0.1) is 0 Å². The number of imidazole rings is 1. The molecular weight excluding hydrogens is 512 g/mol. The summed E-state index contributed by atoms with van der Waals surface area (Å²) in [5, 5.41) is 12.1. The Morgan fingerprint density at radius 2 is 1.80 bits per heavy atom. The number of pyridine rings is 1. The van der Waals surface area contributed by atoms with E-state index < -0.39 is 11.6 Å². The van der Waals surface area contributed by atoms with Crippen LogP contribution in [0.3, 0.4) is 0 Å². The summed E-state index contributed by atoms with van der Waals surface area (Å²) in [5.74, 6) is 1.21. The molecule has 1 aliphatic rings. The minimum absolute atomic E-state index is 0.00281. The summed E-state index contributed by atoms with van der Waals surface area (Å²) in [6.45, 7) is 11.4. The molecule has 0 aliphatic carbocycles. The Bertz CT molecular complexity index is 1460. The molecule has 4 heterocycles. The molecule has 10 heteroatoms. The monoisotopic (exact) mass is 549 g/mol. The van der Waals surface area contributed by atoms with Crippen LogP contribution in [-0.2, 0) is 0 Å². The number of fused-ring (bicyclic) bond motifs is 1. The van der Waals surface area contributed by atoms with Gasteiger partial charge in [0.25, 0.3) is 0 Å². The van der Waals surface area contributed by atoms with E-state index in [0.717, 1.165) is 45.1 Å². The van der Waals surface area contributed by atoms with Crippen LogP contribution in [-0.4, -0.2) is 60.8 Å². The number of hydrogen-bond donors (Lipinski definition) is 2. The first-order valence-corrected chi connectivity index (χ1v) is 14.0. The van der Waals surface area contributed by atoms with Crippen LogP contribution in [0, 0.1) is 24.5 Å². The van der Waals surface area contributed by atoms with Crippen molar-refractivity contribution in [2.24, 2.45) is 5.92 Å². The average Bonchev–Trinajstić information content (AvgIpc) is 3.30. The number of aliphatic hydroxyl groups excluding tert-OH is 1. The number of piperidine rings is 1. The molecule has 1 atom stereocenters. The topological polar surface area (TPSA) is 92.0 Å². The van der Waals surface area contributed by atoms with Crippen LogP contribution in [0.5, 0.6) is 0 Å². The number of benzene rings is 1. The number of nitrogens with one attached hydrogen (secondary N) is 1. The van der Waals surface area contributed by atoms with E-state index in [-0.39, 0.29) is 29.8 Å². The molecule has 0 spiro atoms. The van der Waals surface area contributed by atoms with E-state index in [0.29, 0.717) is 34.6 Å². The number of aromatic nitrogens is 5. The Kier molecular flexibility index (Phi) is 8.37. The largest absolute Gasteiger partial charge is 0.396 e. The third-order valence-corrected chi connectivity index (χ3v) is 7.98. The van der Waals surface area contributed by atoms with Gasteiger partial charge in [-0.1, -0.05) is 13.0 Å². The summed E-state index contributed by atoms with van der Waals surface area (Å²) >= 11 is 0. The van der Waals surface area contributed by atoms with Crippen molar-refractivity contribution in [3.63, 3.8) is 0 Å². The van der Waals surface area contributed by atoms with Gasteiger partial charge in [-0.25, -0.2) is 28.7 Å². The fraction of sp³-hybridized carbons (Fsp3) is 0.467. The molecule has 2 N–H and O–H groups in total. The van der Waals surface area contributed by atoms with Gasteiger partial charge in [0.1, 0.15) is 22.9 Å². The van der Waals surface area contributed by atoms with Crippen molar-refractivity contribution in [3.05, 3.63) is 59.7 Å². The number of hydrogen-bond acceptors (Lipinski definition) is 7. The molecule has 0 radical (unpaired) electrons. The maximum Gasteiger partial charge on any atom is 0.229 e. The lowest BCUT2D eigenvalue weighted by Crippen LogP contribution is -2.36. The summed E-state index contributed by atoms with van der Waals surface area (Å²) < 4.78 is 31.8. The predicted octanol–water partition coefficient (Wildman–Crippen LogP) is 6.00. The van der Waals surface area contributed by atoms with Gasteiger partial charge in [-0.3, -0.25) is 0 Å². The fourth-order valence-electron chi connectivity index (χ4n) is 5.79. The molecule has 212 valence electrons. The number of aryl methyl sites for hydroxylation is 1. The number of likely N-dealkylation sites (tertiary alicyclic amines) is 1. The lowest BCUT2D eigenvalue weighted by atomic mass is 9.82. The van der Waals surface area contributed by atoms with Gasteiger partial charge in [-0.2, -0.15) is 0 Å². The van der Waals surface area contributed by atoms with Crippen LogP contribution in [0.15, 0.2) is 36.7 Å². The van der Waals surface area contributed by atoms with Crippen molar-refractivity contribution < 1.29 is 13.9 Å². The molecule has 4 aromatic rings. The minimum Gasteiger partial charge on any atom is -0.396 e. The van der Waals surface area contributed by atoms with E-state index in [4.69, 9.17) is 5.11 Å². The normalized spacial score (nSPS) is 15.7. The van der Waals surface area contributed by atoms with Crippen LogP contribution >= 0.6 is 0 Å². The van der Waals surface area contributed by atoms with Gasteiger partial charge >= 0.3 is 0 Å². The Labute approximate surface area is 233 Å². The summed E-state index contributed by atoms with van der Waals surface area (Å²) in [5.41, 5.74) is 2.34. The zero-order valence-electron chi connectivity index (χ0n) is 23.5. The van der Waals surface area contributed by atoms with Crippen molar-refractivity contribution >= 4 is 22.8 Å². The summed E-state index contributed by atoms with van der Waals surface area (Å²) in [7, 11) is 0. The van der Waals surface area contributed by atoms with Crippen molar-refractivity contribution in [3.8, 4) is 11.3 Å². The van der Waals surface area contributed by atoms with Crippen molar-refractivity contribution in [1.29, 1.82) is 0 Å². The summed E-state index contributed by atoms with van der Waals surface area (Å²) in [6, 6.07) is 6.99. The van der Waals surface area contributed by atoms with E-state index in [9.17, 15) is 8.78 Å². The highest BCUT2D eigenvalue weighted by molar-refractivity contribution is 5.83.